The first-order valence-electron chi connectivity index (χ1n) is 7.68. The molecule has 0 saturated carbocycles. The smallest absolute Gasteiger partial charge is 0.330 e. The molecule has 2 N–H and O–H groups in total. The van der Waals surface area contributed by atoms with Gasteiger partial charge in [0.15, 0.2) is 5.13 Å². The second kappa shape index (κ2) is 8.62. The van der Waals surface area contributed by atoms with Crippen LogP contribution in [0, 0.1) is 0 Å². The number of hydrogen-bond donors (Lipinski definition) is 2. The minimum absolute atomic E-state index is 0.121. The SMILES string of the molecule is O=C(Nc1ccc(C(F)(F)F)nc1)c1csc(Nc2c(Cl)cccc2CI)n1. The van der Waals surface area contributed by atoms with Crippen molar-refractivity contribution >= 4 is 67.9 Å². The van der Waals surface area contributed by atoms with Gasteiger partial charge in [0.1, 0.15) is 11.4 Å². The Morgan fingerprint density at radius 1 is 1.25 bits per heavy atom. The molecule has 2 aromatic heterocycles. The van der Waals surface area contributed by atoms with Crippen LogP contribution in [0.15, 0.2) is 41.9 Å². The van der Waals surface area contributed by atoms with E-state index in [1.807, 2.05) is 12.1 Å². The summed E-state index contributed by atoms with van der Waals surface area (Å²) < 4.78 is 38.3. The minimum Gasteiger partial charge on any atom is -0.330 e. The lowest BCUT2D eigenvalue weighted by Crippen LogP contribution is -2.13. The number of amides is 1. The number of pyridine rings is 1. The molecular formula is C17H11ClF3IN4OS. The number of hydrogen-bond acceptors (Lipinski definition) is 5. The number of anilines is 3. The molecular weight excluding hydrogens is 528 g/mol. The Bertz CT molecular complexity index is 995. The van der Waals surface area contributed by atoms with Crippen LogP contribution in [0.4, 0.5) is 29.7 Å². The Labute approximate surface area is 180 Å². The van der Waals surface area contributed by atoms with Crippen molar-refractivity contribution in [1.82, 2.24) is 9.97 Å². The first-order chi connectivity index (χ1) is 13.3. The van der Waals surface area contributed by atoms with Gasteiger partial charge in [-0.25, -0.2) is 9.97 Å². The fourth-order valence-electron chi connectivity index (χ4n) is 2.19. The fourth-order valence-corrected chi connectivity index (χ4v) is 3.77. The summed E-state index contributed by atoms with van der Waals surface area (Å²) in [5, 5.41) is 8.12. The Hall–Kier alpha value is -1.92. The zero-order valence-corrected chi connectivity index (χ0v) is 17.6. The lowest BCUT2D eigenvalue weighted by Gasteiger charge is -2.10. The van der Waals surface area contributed by atoms with Gasteiger partial charge in [0.2, 0.25) is 0 Å². The van der Waals surface area contributed by atoms with E-state index in [0.29, 0.717) is 15.8 Å². The van der Waals surface area contributed by atoms with Crippen molar-refractivity contribution in [3.05, 3.63) is 63.9 Å². The summed E-state index contributed by atoms with van der Waals surface area (Å²) >= 11 is 9.65. The van der Waals surface area contributed by atoms with Crippen molar-refractivity contribution in [2.45, 2.75) is 10.6 Å². The fraction of sp³-hybridized carbons (Fsp3) is 0.118. The van der Waals surface area contributed by atoms with E-state index in [2.05, 4.69) is 43.2 Å². The first kappa shape index (κ1) is 20.8. The van der Waals surface area contributed by atoms with E-state index in [-0.39, 0.29) is 11.4 Å². The van der Waals surface area contributed by atoms with Crippen LogP contribution in [-0.2, 0) is 10.6 Å². The normalized spacial score (nSPS) is 11.3. The summed E-state index contributed by atoms with van der Waals surface area (Å²) in [6, 6.07) is 7.46. The molecule has 0 spiro atoms. The molecule has 3 aromatic rings. The van der Waals surface area contributed by atoms with Crippen LogP contribution in [0.1, 0.15) is 21.7 Å². The number of nitrogens with one attached hydrogen (secondary N) is 2. The van der Waals surface area contributed by atoms with E-state index in [1.54, 1.807) is 6.07 Å². The second-order valence-electron chi connectivity index (χ2n) is 5.45. The predicted octanol–water partition coefficient (Wildman–Crippen LogP) is 6.14. The quantitative estimate of drug-likeness (QED) is 0.302. The van der Waals surface area contributed by atoms with E-state index < -0.39 is 17.8 Å². The number of thiazole rings is 1. The Kier molecular flexibility index (Phi) is 6.40. The molecule has 0 saturated heterocycles. The molecule has 1 aromatic carbocycles. The molecule has 0 aliphatic carbocycles. The molecule has 0 bridgehead atoms. The topological polar surface area (TPSA) is 66.9 Å². The number of carbonyl (C=O) groups excluding carboxylic acids is 1. The Morgan fingerprint density at radius 2 is 2.04 bits per heavy atom. The maximum Gasteiger partial charge on any atom is 0.433 e. The zero-order chi connectivity index (χ0) is 20.3. The lowest BCUT2D eigenvalue weighted by atomic mass is 10.2. The summed E-state index contributed by atoms with van der Waals surface area (Å²) in [6.45, 7) is 0. The number of benzene rings is 1. The highest BCUT2D eigenvalue weighted by Crippen LogP contribution is 2.32. The van der Waals surface area contributed by atoms with E-state index in [1.165, 1.54) is 16.7 Å². The third kappa shape index (κ3) is 4.92. The van der Waals surface area contributed by atoms with Crippen LogP contribution < -0.4 is 10.6 Å². The zero-order valence-electron chi connectivity index (χ0n) is 13.8. The minimum atomic E-state index is -4.53. The summed E-state index contributed by atoms with van der Waals surface area (Å²) in [4.78, 5) is 19.8. The molecule has 5 nitrogen and oxygen atoms in total. The summed E-state index contributed by atoms with van der Waals surface area (Å²) in [5.41, 5.74) is 0.933. The maximum absolute atomic E-state index is 12.5. The number of aromatic nitrogens is 2. The van der Waals surface area contributed by atoms with Gasteiger partial charge in [0.25, 0.3) is 5.91 Å². The van der Waals surface area contributed by atoms with Gasteiger partial charge in [0.05, 0.1) is 22.6 Å². The molecule has 0 atom stereocenters. The lowest BCUT2D eigenvalue weighted by molar-refractivity contribution is -0.141. The molecule has 3 rings (SSSR count). The largest absolute Gasteiger partial charge is 0.433 e. The summed E-state index contributed by atoms with van der Waals surface area (Å²) in [7, 11) is 0. The number of rotatable bonds is 5. The first-order valence-corrected chi connectivity index (χ1v) is 10.5. The molecule has 0 aliphatic rings. The van der Waals surface area contributed by atoms with Crippen LogP contribution >= 0.6 is 45.5 Å². The molecule has 28 heavy (non-hydrogen) atoms. The van der Waals surface area contributed by atoms with Crippen LogP contribution in [0.2, 0.25) is 5.02 Å². The molecule has 146 valence electrons. The molecule has 0 aliphatic heterocycles. The van der Waals surface area contributed by atoms with Gasteiger partial charge < -0.3 is 10.6 Å². The van der Waals surface area contributed by atoms with E-state index in [0.717, 1.165) is 28.3 Å². The van der Waals surface area contributed by atoms with Gasteiger partial charge >= 0.3 is 6.18 Å². The maximum atomic E-state index is 12.5. The average molecular weight is 539 g/mol. The Balaban J connectivity index is 1.71. The summed E-state index contributed by atoms with van der Waals surface area (Å²) in [5.74, 6) is -0.556. The number of alkyl halides is 4. The van der Waals surface area contributed by atoms with Crippen molar-refractivity contribution < 1.29 is 18.0 Å². The highest BCUT2D eigenvalue weighted by atomic mass is 127. The van der Waals surface area contributed by atoms with Crippen molar-refractivity contribution in [3.8, 4) is 0 Å². The van der Waals surface area contributed by atoms with E-state index >= 15 is 0 Å². The van der Waals surface area contributed by atoms with Gasteiger partial charge in [-0.2, -0.15) is 13.2 Å². The van der Waals surface area contributed by atoms with Crippen LogP contribution in [-0.4, -0.2) is 15.9 Å². The van der Waals surface area contributed by atoms with Gasteiger partial charge in [-0.3, -0.25) is 4.79 Å². The van der Waals surface area contributed by atoms with E-state index in [4.69, 9.17) is 11.6 Å². The molecule has 11 heteroatoms. The van der Waals surface area contributed by atoms with Gasteiger partial charge in [0, 0.05) is 9.81 Å². The molecule has 0 unspecified atom stereocenters. The van der Waals surface area contributed by atoms with Crippen molar-refractivity contribution in [2.75, 3.05) is 10.6 Å². The van der Waals surface area contributed by atoms with Gasteiger partial charge in [-0.15, -0.1) is 11.3 Å². The monoisotopic (exact) mass is 538 g/mol. The van der Waals surface area contributed by atoms with Gasteiger partial charge in [-0.1, -0.05) is 46.3 Å². The average Bonchev–Trinajstić information content (AvgIpc) is 3.12. The van der Waals surface area contributed by atoms with Crippen LogP contribution in [0.3, 0.4) is 0 Å². The highest BCUT2D eigenvalue weighted by Gasteiger charge is 2.32. The Morgan fingerprint density at radius 3 is 2.68 bits per heavy atom. The number of halogens is 5. The van der Waals surface area contributed by atoms with Crippen molar-refractivity contribution in [3.63, 3.8) is 0 Å². The van der Waals surface area contributed by atoms with Crippen LogP contribution in [0.25, 0.3) is 0 Å². The third-order valence-corrected chi connectivity index (χ3v) is 5.42. The molecule has 0 radical (unpaired) electrons. The van der Waals surface area contributed by atoms with Crippen molar-refractivity contribution in [2.24, 2.45) is 0 Å². The van der Waals surface area contributed by atoms with Gasteiger partial charge in [-0.05, 0) is 23.8 Å². The molecule has 0 fully saturated rings. The van der Waals surface area contributed by atoms with Crippen molar-refractivity contribution in [1.29, 1.82) is 0 Å². The number of nitrogens with zero attached hydrogens (tertiary/aromatic N) is 2. The number of carbonyl (C=O) groups is 1. The third-order valence-electron chi connectivity index (χ3n) is 3.52. The van der Waals surface area contributed by atoms with E-state index in [9.17, 15) is 18.0 Å². The second-order valence-corrected chi connectivity index (χ2v) is 7.48. The standard InChI is InChI=1S/C17H11ClF3IN4OS/c18-11-3-1-2-9(6-22)14(11)26-16-25-12(8-28-16)15(27)24-10-4-5-13(23-7-10)17(19,20)21/h1-5,7-8H,6H2,(H,24,27)(H,25,26). The predicted molar refractivity (Wildman–Crippen MR) is 112 cm³/mol. The summed E-state index contributed by atoms with van der Waals surface area (Å²) in [6.07, 6.45) is -3.59. The highest BCUT2D eigenvalue weighted by molar-refractivity contribution is 14.1. The number of para-hydroxylation sites is 1. The molecule has 1 amide bonds. The van der Waals surface area contributed by atoms with Crippen LogP contribution in [0.5, 0.6) is 0 Å². The molecule has 2 heterocycles.